The number of carbonyl (C=O) groups is 2. The first-order chi connectivity index (χ1) is 14.7. The Balaban J connectivity index is 1.44. The summed E-state index contributed by atoms with van der Waals surface area (Å²) in [5.41, 5.74) is 6.34. The highest BCUT2D eigenvalue weighted by Crippen LogP contribution is 2.23. The van der Waals surface area contributed by atoms with E-state index in [1.54, 1.807) is 4.90 Å². The van der Waals surface area contributed by atoms with Gasteiger partial charge in [0.05, 0.1) is 11.0 Å². The molecule has 2 saturated heterocycles. The molecule has 3 N–H and O–H groups in total. The number of nitro groups is 1. The third-order valence-corrected chi connectivity index (χ3v) is 5.76. The highest BCUT2D eigenvalue weighted by molar-refractivity contribution is 7.81. The molecule has 2 aliphatic heterocycles. The predicted octanol–water partition coefficient (Wildman–Crippen LogP) is 0.739. The zero-order valence-corrected chi connectivity index (χ0v) is 18.0. The van der Waals surface area contributed by atoms with Crippen LogP contribution in [-0.4, -0.2) is 76.7 Å². The monoisotopic (exact) mass is 450 g/mol. The number of likely N-dealkylation sites (N-methyl/N-ethyl adjacent to an activating group) is 1. The SMILES string of the molecule is CN1C[C@@H](S)C[C@H]1C(=O)N1CC[C@H](NC(N)=NC(=O)OCc2ccc([N+](=O)[O-])cc2)C1. The largest absolute Gasteiger partial charge is 0.443 e. The standard InChI is InChI=1S/C19H26N6O5S/c1-23-10-15(31)8-16(23)17(26)24-7-6-13(9-24)21-18(20)22-19(27)30-11-12-2-4-14(5-3-12)25(28)29/h2-5,13,15-16,31H,6-11H2,1H3,(H3,20,21,22,27)/t13-,15-,16-/m0/s1. The first-order valence-electron chi connectivity index (χ1n) is 9.91. The van der Waals surface area contributed by atoms with Crippen LogP contribution < -0.4 is 11.1 Å². The molecule has 2 aliphatic rings. The molecule has 0 unspecified atom stereocenters. The van der Waals surface area contributed by atoms with Crippen molar-refractivity contribution < 1.29 is 19.2 Å². The van der Waals surface area contributed by atoms with Crippen molar-refractivity contribution in [1.29, 1.82) is 0 Å². The van der Waals surface area contributed by atoms with Crippen LogP contribution in [0.15, 0.2) is 29.3 Å². The maximum absolute atomic E-state index is 12.7. The maximum Gasteiger partial charge on any atom is 0.437 e. The number of nitrogens with zero attached hydrogens (tertiary/aromatic N) is 4. The van der Waals surface area contributed by atoms with Crippen molar-refractivity contribution in [1.82, 2.24) is 15.1 Å². The first-order valence-corrected chi connectivity index (χ1v) is 10.4. The number of carbonyl (C=O) groups excluding carboxylic acids is 2. The predicted molar refractivity (Wildman–Crippen MR) is 117 cm³/mol. The number of aliphatic imine (C=N–C) groups is 1. The Hall–Kier alpha value is -2.86. The molecule has 1 aromatic rings. The first kappa shape index (κ1) is 22.8. The van der Waals surface area contributed by atoms with Gasteiger partial charge in [-0.25, -0.2) is 4.79 Å². The molecule has 0 saturated carbocycles. The molecule has 3 rings (SSSR count). The number of guanidine groups is 1. The molecule has 0 aromatic heterocycles. The van der Waals surface area contributed by atoms with E-state index in [1.807, 2.05) is 11.9 Å². The summed E-state index contributed by atoms with van der Waals surface area (Å²) in [5.74, 6) is 0.00257. The summed E-state index contributed by atoms with van der Waals surface area (Å²) in [4.78, 5) is 42.2. The van der Waals surface area contributed by atoms with E-state index in [1.165, 1.54) is 24.3 Å². The van der Waals surface area contributed by atoms with E-state index in [2.05, 4.69) is 22.9 Å². The molecule has 3 atom stereocenters. The van der Waals surface area contributed by atoms with Crippen molar-refractivity contribution in [2.75, 3.05) is 26.7 Å². The van der Waals surface area contributed by atoms with E-state index in [0.717, 1.165) is 13.0 Å². The smallest absolute Gasteiger partial charge is 0.437 e. The third kappa shape index (κ3) is 6.07. The van der Waals surface area contributed by atoms with Crippen LogP contribution in [0, 0.1) is 10.1 Å². The van der Waals surface area contributed by atoms with Crippen LogP contribution in [0.5, 0.6) is 0 Å². The number of thiol groups is 1. The number of nitrogens with two attached hydrogens (primary N) is 1. The highest BCUT2D eigenvalue weighted by atomic mass is 32.1. The molecule has 0 spiro atoms. The molecule has 11 nitrogen and oxygen atoms in total. The van der Waals surface area contributed by atoms with Crippen molar-refractivity contribution in [3.8, 4) is 0 Å². The van der Waals surface area contributed by atoms with Crippen LogP contribution in [0.1, 0.15) is 18.4 Å². The maximum atomic E-state index is 12.7. The Morgan fingerprint density at radius 2 is 2.06 bits per heavy atom. The number of ether oxygens (including phenoxy) is 1. The minimum atomic E-state index is -0.873. The van der Waals surface area contributed by atoms with Crippen LogP contribution in [-0.2, 0) is 16.1 Å². The van der Waals surface area contributed by atoms with Gasteiger partial charge in [-0.15, -0.1) is 4.99 Å². The minimum Gasteiger partial charge on any atom is -0.443 e. The Labute approximate surface area is 185 Å². The molecular weight excluding hydrogens is 424 g/mol. The molecule has 1 aromatic carbocycles. The third-order valence-electron chi connectivity index (χ3n) is 5.38. The van der Waals surface area contributed by atoms with Gasteiger partial charge in [-0.3, -0.25) is 19.8 Å². The van der Waals surface area contributed by atoms with Gasteiger partial charge in [-0.05, 0) is 37.6 Å². The number of rotatable bonds is 5. The number of amides is 2. The van der Waals surface area contributed by atoms with Gasteiger partial charge in [0.2, 0.25) is 5.91 Å². The molecule has 0 aliphatic carbocycles. The van der Waals surface area contributed by atoms with Gasteiger partial charge >= 0.3 is 6.09 Å². The Bertz CT molecular complexity index is 864. The number of hydrogen-bond donors (Lipinski definition) is 3. The van der Waals surface area contributed by atoms with Crippen LogP contribution in [0.3, 0.4) is 0 Å². The lowest BCUT2D eigenvalue weighted by atomic mass is 10.2. The number of nitro benzene ring substituents is 1. The summed E-state index contributed by atoms with van der Waals surface area (Å²) in [6, 6.07) is 5.40. The Kier molecular flexibility index (Phi) is 7.33. The second kappa shape index (κ2) is 9.96. The highest BCUT2D eigenvalue weighted by Gasteiger charge is 2.37. The summed E-state index contributed by atoms with van der Waals surface area (Å²) >= 11 is 4.47. The van der Waals surface area contributed by atoms with Crippen molar-refractivity contribution >= 4 is 36.3 Å². The molecule has 0 bridgehead atoms. The van der Waals surface area contributed by atoms with E-state index in [0.29, 0.717) is 25.1 Å². The lowest BCUT2D eigenvalue weighted by molar-refractivity contribution is -0.384. The van der Waals surface area contributed by atoms with Crippen LogP contribution in [0.2, 0.25) is 0 Å². The van der Waals surface area contributed by atoms with Gasteiger partial charge in [0.15, 0.2) is 5.96 Å². The minimum absolute atomic E-state index is 0.0457. The fourth-order valence-corrected chi connectivity index (χ4v) is 4.24. The lowest BCUT2D eigenvalue weighted by Crippen LogP contribution is -2.46. The van der Waals surface area contributed by atoms with E-state index >= 15 is 0 Å². The number of likely N-dealkylation sites (tertiary alicyclic amines) is 2. The van der Waals surface area contributed by atoms with Gasteiger partial charge in [0.1, 0.15) is 6.61 Å². The Morgan fingerprint density at radius 3 is 2.68 bits per heavy atom. The van der Waals surface area contributed by atoms with E-state index < -0.39 is 11.0 Å². The van der Waals surface area contributed by atoms with E-state index in [9.17, 15) is 19.7 Å². The number of nitrogens with one attached hydrogen (secondary N) is 1. The van der Waals surface area contributed by atoms with Gasteiger partial charge < -0.3 is 20.7 Å². The molecular formula is C19H26N6O5S. The average molecular weight is 451 g/mol. The van der Waals surface area contributed by atoms with Crippen LogP contribution in [0.4, 0.5) is 10.5 Å². The normalized spacial score (nSPS) is 24.3. The summed E-state index contributed by atoms with van der Waals surface area (Å²) < 4.78 is 5.02. The van der Waals surface area contributed by atoms with Crippen molar-refractivity contribution in [2.45, 2.75) is 36.8 Å². The van der Waals surface area contributed by atoms with Crippen LogP contribution >= 0.6 is 12.6 Å². The molecule has 2 amide bonds. The quantitative estimate of drug-likeness (QED) is 0.196. The van der Waals surface area contributed by atoms with Gasteiger partial charge in [0, 0.05) is 43.1 Å². The van der Waals surface area contributed by atoms with Crippen molar-refractivity contribution in [3.05, 3.63) is 39.9 Å². The topological polar surface area (TPSA) is 143 Å². The molecule has 31 heavy (non-hydrogen) atoms. The van der Waals surface area contributed by atoms with Gasteiger partial charge in [0.25, 0.3) is 5.69 Å². The number of benzene rings is 1. The van der Waals surface area contributed by atoms with Crippen LogP contribution in [0.25, 0.3) is 0 Å². The number of hydrogen-bond acceptors (Lipinski definition) is 7. The van der Waals surface area contributed by atoms with Crippen molar-refractivity contribution in [3.63, 3.8) is 0 Å². The summed E-state index contributed by atoms with van der Waals surface area (Å²) in [6.07, 6.45) is 0.555. The molecule has 12 heteroatoms. The van der Waals surface area contributed by atoms with Crippen molar-refractivity contribution in [2.24, 2.45) is 10.7 Å². The molecule has 168 valence electrons. The summed E-state index contributed by atoms with van der Waals surface area (Å²) in [5, 5.41) is 13.8. The molecule has 2 heterocycles. The zero-order valence-electron chi connectivity index (χ0n) is 17.1. The fraction of sp³-hybridized carbons (Fsp3) is 0.526. The second-order valence-electron chi connectivity index (χ2n) is 7.73. The molecule has 2 fully saturated rings. The zero-order chi connectivity index (χ0) is 22.5. The van der Waals surface area contributed by atoms with Gasteiger partial charge in [-0.2, -0.15) is 12.6 Å². The van der Waals surface area contributed by atoms with E-state index in [4.69, 9.17) is 10.5 Å². The van der Waals surface area contributed by atoms with E-state index in [-0.39, 0.29) is 41.5 Å². The van der Waals surface area contributed by atoms with Gasteiger partial charge in [-0.1, -0.05) is 0 Å². The molecule has 0 radical (unpaired) electrons. The average Bonchev–Trinajstić information content (AvgIpc) is 3.31. The number of non-ortho nitro benzene ring substituents is 1. The fourth-order valence-electron chi connectivity index (χ4n) is 3.78. The summed E-state index contributed by atoms with van der Waals surface area (Å²) in [6.45, 7) is 1.79. The second-order valence-corrected chi connectivity index (χ2v) is 8.46. The summed E-state index contributed by atoms with van der Waals surface area (Å²) in [7, 11) is 1.93. The lowest BCUT2D eigenvalue weighted by Gasteiger charge is -2.25. The Morgan fingerprint density at radius 1 is 1.35 bits per heavy atom.